The molecule has 4 rings (SSSR count). The second kappa shape index (κ2) is 8.17. The molecule has 0 saturated carbocycles. The molecule has 2 aromatic carbocycles. The molecule has 0 bridgehead atoms. The first-order valence-electron chi connectivity index (χ1n) is 9.77. The topological polar surface area (TPSA) is 30.7 Å². The summed E-state index contributed by atoms with van der Waals surface area (Å²) in [6, 6.07) is 14.2. The number of halogens is 2. The molecular weight excluding hydrogens is 401 g/mol. The van der Waals surface area contributed by atoms with E-state index in [-0.39, 0.29) is 6.04 Å². The zero-order valence-electron chi connectivity index (χ0n) is 16.7. The first-order chi connectivity index (χ1) is 13.9. The maximum atomic E-state index is 6.75. The zero-order valence-corrected chi connectivity index (χ0v) is 18.2. The third kappa shape index (κ3) is 4.03. The van der Waals surface area contributed by atoms with Crippen molar-refractivity contribution in [1.29, 1.82) is 0 Å². The average Bonchev–Trinajstić information content (AvgIpc) is 3.09. The van der Waals surface area contributed by atoms with Crippen molar-refractivity contribution in [3.05, 3.63) is 82.2 Å². The molecule has 2 heterocycles. The number of rotatable bonds is 5. The van der Waals surface area contributed by atoms with Crippen LogP contribution in [0.2, 0.25) is 10.0 Å². The van der Waals surface area contributed by atoms with Crippen LogP contribution in [0.15, 0.2) is 61.1 Å². The SMILES string of the molecule is Cc1cc(Cl)ccc1-c1cc2cnn(C(CC(C)C)c3cccnc3)c2cc1Cl. The lowest BCUT2D eigenvalue weighted by Crippen LogP contribution is -2.14. The molecule has 0 aliphatic carbocycles. The summed E-state index contributed by atoms with van der Waals surface area (Å²) in [5.74, 6) is 0.519. The third-order valence-electron chi connectivity index (χ3n) is 5.22. The monoisotopic (exact) mass is 423 g/mol. The molecule has 148 valence electrons. The molecule has 0 spiro atoms. The summed E-state index contributed by atoms with van der Waals surface area (Å²) in [4.78, 5) is 4.31. The zero-order chi connectivity index (χ0) is 20.5. The molecule has 1 unspecified atom stereocenters. The molecule has 0 amide bonds. The Balaban J connectivity index is 1.84. The van der Waals surface area contributed by atoms with Gasteiger partial charge in [0.1, 0.15) is 0 Å². The molecule has 0 fully saturated rings. The van der Waals surface area contributed by atoms with Gasteiger partial charge >= 0.3 is 0 Å². The van der Waals surface area contributed by atoms with Crippen molar-refractivity contribution in [2.45, 2.75) is 33.2 Å². The summed E-state index contributed by atoms with van der Waals surface area (Å²) in [5.41, 5.74) is 5.36. The highest BCUT2D eigenvalue weighted by molar-refractivity contribution is 6.34. The van der Waals surface area contributed by atoms with Crippen LogP contribution in [0.25, 0.3) is 22.0 Å². The second-order valence-electron chi connectivity index (χ2n) is 7.87. The van der Waals surface area contributed by atoms with Crippen LogP contribution in [0.3, 0.4) is 0 Å². The van der Waals surface area contributed by atoms with Crippen LogP contribution in [-0.4, -0.2) is 14.8 Å². The maximum absolute atomic E-state index is 6.75. The van der Waals surface area contributed by atoms with Crippen LogP contribution in [0.4, 0.5) is 0 Å². The quantitative estimate of drug-likeness (QED) is 0.335. The fourth-order valence-electron chi connectivity index (χ4n) is 3.85. The number of fused-ring (bicyclic) bond motifs is 1. The minimum atomic E-state index is 0.111. The molecule has 5 heteroatoms. The molecule has 0 N–H and O–H groups in total. The van der Waals surface area contributed by atoms with E-state index in [2.05, 4.69) is 35.6 Å². The van der Waals surface area contributed by atoms with Gasteiger partial charge in [-0.1, -0.05) is 49.2 Å². The van der Waals surface area contributed by atoms with E-state index in [0.717, 1.165) is 44.6 Å². The Hall–Kier alpha value is -2.36. The van der Waals surface area contributed by atoms with E-state index in [0.29, 0.717) is 10.9 Å². The predicted octanol–water partition coefficient (Wildman–Crippen LogP) is 7.35. The Kier molecular flexibility index (Phi) is 5.62. The van der Waals surface area contributed by atoms with Crippen LogP contribution >= 0.6 is 23.2 Å². The number of hydrogen-bond acceptors (Lipinski definition) is 2. The van der Waals surface area contributed by atoms with Gasteiger partial charge in [0.15, 0.2) is 0 Å². The Morgan fingerprint density at radius 2 is 1.83 bits per heavy atom. The summed E-state index contributed by atoms with van der Waals surface area (Å²) in [7, 11) is 0. The highest BCUT2D eigenvalue weighted by Crippen LogP contribution is 2.37. The third-order valence-corrected chi connectivity index (χ3v) is 5.77. The number of aryl methyl sites for hydroxylation is 1. The van der Waals surface area contributed by atoms with E-state index in [1.165, 1.54) is 0 Å². The highest BCUT2D eigenvalue weighted by Gasteiger charge is 2.20. The number of benzene rings is 2. The van der Waals surface area contributed by atoms with Crippen molar-refractivity contribution in [2.24, 2.45) is 5.92 Å². The number of aromatic nitrogens is 3. The summed E-state index contributed by atoms with van der Waals surface area (Å²) >= 11 is 12.9. The molecule has 0 aliphatic heterocycles. The molecule has 0 saturated heterocycles. The first kappa shape index (κ1) is 19.9. The number of nitrogens with zero attached hydrogens (tertiary/aromatic N) is 3. The standard InChI is InChI=1S/C24H23Cl2N3/c1-15(2)9-23(17-5-4-8-27-13-17)29-24-12-22(26)21(11-18(24)14-28-29)20-7-6-19(25)10-16(20)3/h4-8,10-15,23H,9H2,1-3H3. The van der Waals surface area contributed by atoms with Crippen molar-refractivity contribution in [2.75, 3.05) is 0 Å². The molecule has 3 nitrogen and oxygen atoms in total. The van der Waals surface area contributed by atoms with Crippen molar-refractivity contribution in [3.63, 3.8) is 0 Å². The smallest absolute Gasteiger partial charge is 0.0793 e. The predicted molar refractivity (Wildman–Crippen MR) is 122 cm³/mol. The van der Waals surface area contributed by atoms with Crippen LogP contribution < -0.4 is 0 Å². The van der Waals surface area contributed by atoms with Crippen LogP contribution in [-0.2, 0) is 0 Å². The van der Waals surface area contributed by atoms with Gasteiger partial charge in [-0.2, -0.15) is 5.10 Å². The Morgan fingerprint density at radius 1 is 1.00 bits per heavy atom. The maximum Gasteiger partial charge on any atom is 0.0793 e. The van der Waals surface area contributed by atoms with Crippen molar-refractivity contribution in [1.82, 2.24) is 14.8 Å². The van der Waals surface area contributed by atoms with Crippen LogP contribution in [0, 0.1) is 12.8 Å². The largest absolute Gasteiger partial charge is 0.264 e. The number of hydrogen-bond donors (Lipinski definition) is 0. The molecular formula is C24H23Cl2N3. The van der Waals surface area contributed by atoms with Gasteiger partial charge in [-0.25, -0.2) is 0 Å². The van der Waals surface area contributed by atoms with Crippen molar-refractivity contribution >= 4 is 34.1 Å². The van der Waals surface area contributed by atoms with E-state index in [1.807, 2.05) is 49.6 Å². The molecule has 4 aromatic rings. The lowest BCUT2D eigenvalue weighted by atomic mass is 9.97. The van der Waals surface area contributed by atoms with Gasteiger partial charge in [0, 0.05) is 28.4 Å². The van der Waals surface area contributed by atoms with E-state index >= 15 is 0 Å². The van der Waals surface area contributed by atoms with Gasteiger partial charge < -0.3 is 0 Å². The average molecular weight is 424 g/mol. The van der Waals surface area contributed by atoms with Gasteiger partial charge in [0.25, 0.3) is 0 Å². The Labute approximate surface area is 181 Å². The van der Waals surface area contributed by atoms with Gasteiger partial charge in [0.05, 0.1) is 22.8 Å². The lowest BCUT2D eigenvalue weighted by Gasteiger charge is -2.21. The van der Waals surface area contributed by atoms with Gasteiger partial charge in [-0.05, 0) is 66.3 Å². The van der Waals surface area contributed by atoms with Gasteiger partial charge in [-0.3, -0.25) is 9.67 Å². The highest BCUT2D eigenvalue weighted by atomic mass is 35.5. The summed E-state index contributed by atoms with van der Waals surface area (Å²) in [6.45, 7) is 6.50. The summed E-state index contributed by atoms with van der Waals surface area (Å²) in [6.07, 6.45) is 6.62. The Bertz CT molecular complexity index is 1150. The van der Waals surface area contributed by atoms with Gasteiger partial charge in [-0.15, -0.1) is 0 Å². The summed E-state index contributed by atoms with van der Waals surface area (Å²) in [5, 5.41) is 7.25. The molecule has 0 radical (unpaired) electrons. The van der Waals surface area contributed by atoms with E-state index < -0.39 is 0 Å². The summed E-state index contributed by atoms with van der Waals surface area (Å²) < 4.78 is 2.08. The molecule has 29 heavy (non-hydrogen) atoms. The van der Waals surface area contributed by atoms with E-state index in [4.69, 9.17) is 28.3 Å². The molecule has 1 atom stereocenters. The van der Waals surface area contributed by atoms with E-state index in [1.54, 1.807) is 6.20 Å². The molecule has 0 aliphatic rings. The van der Waals surface area contributed by atoms with Crippen molar-refractivity contribution < 1.29 is 0 Å². The lowest BCUT2D eigenvalue weighted by molar-refractivity contribution is 0.430. The van der Waals surface area contributed by atoms with Crippen molar-refractivity contribution in [3.8, 4) is 11.1 Å². The fraction of sp³-hybridized carbons (Fsp3) is 0.250. The normalized spacial score (nSPS) is 12.6. The molecule has 2 aromatic heterocycles. The fourth-order valence-corrected chi connectivity index (χ4v) is 4.34. The second-order valence-corrected chi connectivity index (χ2v) is 8.71. The van der Waals surface area contributed by atoms with E-state index in [9.17, 15) is 0 Å². The Morgan fingerprint density at radius 3 is 2.52 bits per heavy atom. The first-order valence-corrected chi connectivity index (χ1v) is 10.5. The van der Waals surface area contributed by atoms with Crippen LogP contribution in [0.5, 0.6) is 0 Å². The van der Waals surface area contributed by atoms with Crippen LogP contribution in [0.1, 0.15) is 37.4 Å². The number of pyridine rings is 1. The minimum absolute atomic E-state index is 0.111. The minimum Gasteiger partial charge on any atom is -0.264 e. The van der Waals surface area contributed by atoms with Gasteiger partial charge in [0.2, 0.25) is 0 Å².